The molecule has 0 spiro atoms. The first-order chi connectivity index (χ1) is 14.1. The third kappa shape index (κ3) is 5.47. The first kappa shape index (κ1) is 20.6. The second-order valence-corrected chi connectivity index (χ2v) is 6.78. The molecule has 2 aromatic carbocycles. The maximum Gasteiger partial charge on any atom is 0.260 e. The number of para-hydroxylation sites is 2. The molecular weight excluding hydrogens is 375 g/mol. The smallest absolute Gasteiger partial charge is 0.260 e. The van der Waals surface area contributed by atoms with Crippen LogP contribution in [0, 0.1) is 5.82 Å². The van der Waals surface area contributed by atoms with E-state index in [1.807, 2.05) is 19.1 Å². The number of hydrogen-bond donors (Lipinski definition) is 1. The standard InChI is InChI=1S/C22H25FN2O4/c1-2-28-19-9-5-6-10-20(19)29-15-21(26)25-13-11-16(12-14-25)24-22(27)17-7-3-4-8-18(17)23/h3-10,16H,2,11-15H2,1H3,(H,24,27). The van der Waals surface area contributed by atoms with E-state index in [-0.39, 0.29) is 24.1 Å². The van der Waals surface area contributed by atoms with Gasteiger partial charge in [0.05, 0.1) is 12.2 Å². The van der Waals surface area contributed by atoms with Crippen molar-refractivity contribution in [3.8, 4) is 11.5 Å². The summed E-state index contributed by atoms with van der Waals surface area (Å²) in [6, 6.07) is 13.0. The van der Waals surface area contributed by atoms with Crippen LogP contribution in [0.4, 0.5) is 4.39 Å². The summed E-state index contributed by atoms with van der Waals surface area (Å²) in [5, 5.41) is 2.85. The zero-order chi connectivity index (χ0) is 20.6. The largest absolute Gasteiger partial charge is 0.490 e. The van der Waals surface area contributed by atoms with Gasteiger partial charge in [-0.15, -0.1) is 0 Å². The fraction of sp³-hybridized carbons (Fsp3) is 0.364. The average molecular weight is 400 g/mol. The molecule has 0 unspecified atom stereocenters. The van der Waals surface area contributed by atoms with E-state index in [4.69, 9.17) is 9.47 Å². The van der Waals surface area contributed by atoms with Crippen molar-refractivity contribution in [2.45, 2.75) is 25.8 Å². The van der Waals surface area contributed by atoms with Crippen LogP contribution in [0.15, 0.2) is 48.5 Å². The molecule has 0 bridgehead atoms. The van der Waals surface area contributed by atoms with Gasteiger partial charge in [0, 0.05) is 19.1 Å². The number of amides is 2. The van der Waals surface area contributed by atoms with Crippen LogP contribution in [0.3, 0.4) is 0 Å². The van der Waals surface area contributed by atoms with Crippen LogP contribution in [0.2, 0.25) is 0 Å². The normalized spacial score (nSPS) is 14.3. The number of carbonyl (C=O) groups is 2. The van der Waals surface area contributed by atoms with E-state index in [2.05, 4.69) is 5.32 Å². The second kappa shape index (κ2) is 9.91. The Kier molecular flexibility index (Phi) is 7.05. The number of likely N-dealkylation sites (tertiary alicyclic amines) is 1. The lowest BCUT2D eigenvalue weighted by Crippen LogP contribution is -2.47. The number of benzene rings is 2. The summed E-state index contributed by atoms with van der Waals surface area (Å²) in [6.45, 7) is 3.35. The summed E-state index contributed by atoms with van der Waals surface area (Å²) in [6.07, 6.45) is 1.23. The molecule has 0 aromatic heterocycles. The monoisotopic (exact) mass is 400 g/mol. The van der Waals surface area contributed by atoms with Crippen LogP contribution in [0.1, 0.15) is 30.1 Å². The fourth-order valence-electron chi connectivity index (χ4n) is 3.26. The highest BCUT2D eigenvalue weighted by Gasteiger charge is 2.25. The van der Waals surface area contributed by atoms with Gasteiger partial charge in [0.1, 0.15) is 5.82 Å². The number of nitrogens with zero attached hydrogens (tertiary/aromatic N) is 1. The van der Waals surface area contributed by atoms with Gasteiger partial charge in [-0.05, 0) is 44.0 Å². The highest BCUT2D eigenvalue weighted by atomic mass is 19.1. The number of rotatable bonds is 7. The number of ether oxygens (including phenoxy) is 2. The molecule has 6 nitrogen and oxygen atoms in total. The topological polar surface area (TPSA) is 67.9 Å². The molecular formula is C22H25FN2O4. The zero-order valence-corrected chi connectivity index (χ0v) is 16.4. The molecule has 154 valence electrons. The fourth-order valence-corrected chi connectivity index (χ4v) is 3.26. The Morgan fingerprint density at radius 1 is 1.03 bits per heavy atom. The van der Waals surface area contributed by atoms with Crippen LogP contribution in [-0.2, 0) is 4.79 Å². The minimum atomic E-state index is -0.540. The van der Waals surface area contributed by atoms with Crippen LogP contribution >= 0.6 is 0 Å². The van der Waals surface area contributed by atoms with Crippen molar-refractivity contribution >= 4 is 11.8 Å². The molecule has 1 fully saturated rings. The first-order valence-corrected chi connectivity index (χ1v) is 9.76. The van der Waals surface area contributed by atoms with E-state index in [1.165, 1.54) is 12.1 Å². The quantitative estimate of drug-likeness (QED) is 0.776. The lowest BCUT2D eigenvalue weighted by Gasteiger charge is -2.32. The lowest BCUT2D eigenvalue weighted by atomic mass is 10.0. The van der Waals surface area contributed by atoms with E-state index in [0.29, 0.717) is 44.0 Å². The van der Waals surface area contributed by atoms with Gasteiger partial charge in [-0.2, -0.15) is 0 Å². The molecule has 1 saturated heterocycles. The van der Waals surface area contributed by atoms with Gasteiger partial charge in [-0.3, -0.25) is 9.59 Å². The summed E-state index contributed by atoms with van der Waals surface area (Å²) >= 11 is 0. The molecule has 1 aliphatic rings. The van der Waals surface area contributed by atoms with Gasteiger partial charge >= 0.3 is 0 Å². The van der Waals surface area contributed by atoms with E-state index in [9.17, 15) is 14.0 Å². The maximum atomic E-state index is 13.7. The molecule has 1 heterocycles. The molecule has 2 aromatic rings. The van der Waals surface area contributed by atoms with Crippen LogP contribution < -0.4 is 14.8 Å². The van der Waals surface area contributed by atoms with Gasteiger partial charge in [-0.1, -0.05) is 24.3 Å². The number of piperidine rings is 1. The van der Waals surface area contributed by atoms with Crippen molar-refractivity contribution in [3.63, 3.8) is 0 Å². The van der Waals surface area contributed by atoms with Gasteiger partial charge in [0.2, 0.25) is 0 Å². The summed E-state index contributed by atoms with van der Waals surface area (Å²) < 4.78 is 24.9. The summed E-state index contributed by atoms with van der Waals surface area (Å²) in [4.78, 5) is 26.4. The van der Waals surface area contributed by atoms with Crippen LogP contribution in [0.5, 0.6) is 11.5 Å². The number of halogens is 1. The van der Waals surface area contributed by atoms with Gasteiger partial charge < -0.3 is 19.7 Å². The summed E-state index contributed by atoms with van der Waals surface area (Å²) in [7, 11) is 0. The van der Waals surface area contributed by atoms with Crippen molar-refractivity contribution in [3.05, 3.63) is 59.9 Å². The molecule has 0 atom stereocenters. The Bertz CT molecular complexity index is 850. The van der Waals surface area contributed by atoms with Gasteiger partial charge in [0.25, 0.3) is 11.8 Å². The molecule has 3 rings (SSSR count). The van der Waals surface area contributed by atoms with Crippen molar-refractivity contribution in [1.29, 1.82) is 0 Å². The van der Waals surface area contributed by atoms with E-state index in [0.717, 1.165) is 0 Å². The van der Waals surface area contributed by atoms with E-state index in [1.54, 1.807) is 29.2 Å². The lowest BCUT2D eigenvalue weighted by molar-refractivity contribution is -0.134. The van der Waals surface area contributed by atoms with Crippen LogP contribution in [0.25, 0.3) is 0 Å². The van der Waals surface area contributed by atoms with Gasteiger partial charge in [0.15, 0.2) is 18.1 Å². The molecule has 2 amide bonds. The SMILES string of the molecule is CCOc1ccccc1OCC(=O)N1CCC(NC(=O)c2ccccc2F)CC1. The number of carbonyl (C=O) groups excluding carboxylic acids is 2. The Balaban J connectivity index is 1.46. The van der Waals surface area contributed by atoms with Crippen molar-refractivity contribution in [1.82, 2.24) is 10.2 Å². The third-order valence-electron chi connectivity index (χ3n) is 4.80. The van der Waals surface area contributed by atoms with Crippen molar-refractivity contribution in [2.24, 2.45) is 0 Å². The Labute approximate surface area is 169 Å². The Hall–Kier alpha value is -3.09. The number of hydrogen-bond acceptors (Lipinski definition) is 4. The second-order valence-electron chi connectivity index (χ2n) is 6.78. The average Bonchev–Trinajstić information content (AvgIpc) is 2.74. The maximum absolute atomic E-state index is 13.7. The molecule has 0 aliphatic carbocycles. The predicted molar refractivity (Wildman–Crippen MR) is 107 cm³/mol. The third-order valence-corrected chi connectivity index (χ3v) is 4.80. The summed E-state index contributed by atoms with van der Waals surface area (Å²) in [5.74, 6) is 0.0631. The molecule has 0 saturated carbocycles. The molecule has 0 radical (unpaired) electrons. The van der Waals surface area contributed by atoms with E-state index >= 15 is 0 Å². The highest BCUT2D eigenvalue weighted by Crippen LogP contribution is 2.26. The van der Waals surface area contributed by atoms with Crippen molar-refractivity contribution < 1.29 is 23.5 Å². The minimum Gasteiger partial charge on any atom is -0.490 e. The zero-order valence-electron chi connectivity index (χ0n) is 16.4. The highest BCUT2D eigenvalue weighted by molar-refractivity contribution is 5.94. The Morgan fingerprint density at radius 2 is 1.66 bits per heavy atom. The minimum absolute atomic E-state index is 0.0346. The predicted octanol–water partition coefficient (Wildman–Crippen LogP) is 3.02. The summed E-state index contributed by atoms with van der Waals surface area (Å²) in [5.41, 5.74) is 0.0346. The van der Waals surface area contributed by atoms with Crippen LogP contribution in [-0.4, -0.2) is 49.1 Å². The van der Waals surface area contributed by atoms with Crippen molar-refractivity contribution in [2.75, 3.05) is 26.3 Å². The van der Waals surface area contributed by atoms with Gasteiger partial charge in [-0.25, -0.2) is 4.39 Å². The first-order valence-electron chi connectivity index (χ1n) is 9.76. The number of nitrogens with one attached hydrogen (secondary N) is 1. The van der Waals surface area contributed by atoms with E-state index < -0.39 is 11.7 Å². The molecule has 1 N–H and O–H groups in total. The Morgan fingerprint density at radius 3 is 2.31 bits per heavy atom. The molecule has 7 heteroatoms. The molecule has 29 heavy (non-hydrogen) atoms. The molecule has 1 aliphatic heterocycles.